The lowest BCUT2D eigenvalue weighted by Gasteiger charge is -2.31. The molecule has 0 saturated carbocycles. The minimum atomic E-state index is 0.0793. The van der Waals surface area contributed by atoms with Gasteiger partial charge in [0.05, 0.1) is 0 Å². The van der Waals surface area contributed by atoms with Crippen LogP contribution >= 0.6 is 11.3 Å². The average Bonchev–Trinajstić information content (AvgIpc) is 3.30. The van der Waals surface area contributed by atoms with Crippen molar-refractivity contribution in [2.24, 2.45) is 5.92 Å². The lowest BCUT2D eigenvalue weighted by Crippen LogP contribution is -2.43. The number of amides is 1. The second-order valence-corrected chi connectivity index (χ2v) is 8.46. The molecule has 146 valence electrons. The molecule has 2 aromatic rings. The molecule has 1 fully saturated rings. The number of benzene rings is 1. The van der Waals surface area contributed by atoms with Gasteiger partial charge in [-0.15, -0.1) is 0 Å². The van der Waals surface area contributed by atoms with Crippen molar-refractivity contribution in [2.45, 2.75) is 32.4 Å². The van der Waals surface area contributed by atoms with E-state index in [0.717, 1.165) is 26.2 Å². The molecule has 2 atom stereocenters. The molecule has 0 bridgehead atoms. The number of ether oxygens (including phenoxy) is 1. The van der Waals surface area contributed by atoms with E-state index in [1.54, 1.807) is 18.4 Å². The Balaban J connectivity index is 1.77. The number of rotatable bonds is 8. The first-order chi connectivity index (χ1) is 13.1. The van der Waals surface area contributed by atoms with Gasteiger partial charge in [0.1, 0.15) is 6.61 Å². The van der Waals surface area contributed by atoms with Gasteiger partial charge in [-0.3, -0.25) is 9.69 Å². The SMILES string of the molecule is COCC(=O)N(CC1CN(Cc2ccsc2)CC1c1ccccc1)C(C)C. The molecule has 1 aromatic heterocycles. The highest BCUT2D eigenvalue weighted by molar-refractivity contribution is 7.07. The van der Waals surface area contributed by atoms with E-state index in [1.807, 2.05) is 4.90 Å². The molecular formula is C22H30N2O2S. The van der Waals surface area contributed by atoms with Crippen molar-refractivity contribution in [1.29, 1.82) is 0 Å². The zero-order chi connectivity index (χ0) is 19.2. The molecule has 2 unspecified atom stereocenters. The van der Waals surface area contributed by atoms with Gasteiger partial charge in [0, 0.05) is 45.2 Å². The Kier molecular flexibility index (Phi) is 7.05. The van der Waals surface area contributed by atoms with Crippen LogP contribution < -0.4 is 0 Å². The van der Waals surface area contributed by atoms with Gasteiger partial charge in [-0.25, -0.2) is 0 Å². The maximum atomic E-state index is 12.5. The summed E-state index contributed by atoms with van der Waals surface area (Å²) in [6.07, 6.45) is 0. The maximum absolute atomic E-state index is 12.5. The fourth-order valence-corrected chi connectivity index (χ4v) is 4.71. The van der Waals surface area contributed by atoms with E-state index in [2.05, 4.69) is 65.9 Å². The van der Waals surface area contributed by atoms with Crippen molar-refractivity contribution >= 4 is 17.2 Å². The number of hydrogen-bond acceptors (Lipinski definition) is 4. The Hall–Kier alpha value is -1.69. The molecule has 1 aliphatic heterocycles. The highest BCUT2D eigenvalue weighted by Gasteiger charge is 2.36. The fraction of sp³-hybridized carbons (Fsp3) is 0.500. The molecule has 3 rings (SSSR count). The van der Waals surface area contributed by atoms with Gasteiger partial charge in [0.2, 0.25) is 5.91 Å². The largest absolute Gasteiger partial charge is 0.375 e. The summed E-state index contributed by atoms with van der Waals surface area (Å²) in [6, 6.07) is 13.1. The molecule has 0 aliphatic carbocycles. The molecule has 0 N–H and O–H groups in total. The number of methoxy groups -OCH3 is 1. The van der Waals surface area contributed by atoms with Gasteiger partial charge in [0.15, 0.2) is 0 Å². The summed E-state index contributed by atoms with van der Waals surface area (Å²) >= 11 is 1.75. The van der Waals surface area contributed by atoms with E-state index in [-0.39, 0.29) is 18.6 Å². The van der Waals surface area contributed by atoms with Crippen LogP contribution in [-0.2, 0) is 16.1 Å². The minimum Gasteiger partial charge on any atom is -0.375 e. The number of hydrogen-bond donors (Lipinski definition) is 0. The van der Waals surface area contributed by atoms with E-state index in [9.17, 15) is 4.79 Å². The smallest absolute Gasteiger partial charge is 0.248 e. The van der Waals surface area contributed by atoms with Crippen molar-refractivity contribution in [3.63, 3.8) is 0 Å². The molecule has 2 heterocycles. The number of carbonyl (C=O) groups excluding carboxylic acids is 1. The predicted molar refractivity (Wildman–Crippen MR) is 111 cm³/mol. The molecule has 0 radical (unpaired) electrons. The Labute approximate surface area is 166 Å². The van der Waals surface area contributed by atoms with Crippen LogP contribution in [0.1, 0.15) is 30.9 Å². The third kappa shape index (κ3) is 5.18. The van der Waals surface area contributed by atoms with Gasteiger partial charge < -0.3 is 9.64 Å². The summed E-state index contributed by atoms with van der Waals surface area (Å²) in [5.74, 6) is 0.950. The number of likely N-dealkylation sites (tertiary alicyclic amines) is 1. The normalized spacial score (nSPS) is 20.3. The average molecular weight is 387 g/mol. The second-order valence-electron chi connectivity index (χ2n) is 7.68. The highest BCUT2D eigenvalue weighted by Crippen LogP contribution is 2.34. The Morgan fingerprint density at radius 1 is 1.26 bits per heavy atom. The van der Waals surface area contributed by atoms with Crippen molar-refractivity contribution in [3.05, 3.63) is 58.3 Å². The van der Waals surface area contributed by atoms with Crippen LogP contribution in [0.5, 0.6) is 0 Å². The zero-order valence-electron chi connectivity index (χ0n) is 16.5. The van der Waals surface area contributed by atoms with Crippen LogP contribution in [0.2, 0.25) is 0 Å². The summed E-state index contributed by atoms with van der Waals surface area (Å²) in [4.78, 5) is 17.1. The monoisotopic (exact) mass is 386 g/mol. The summed E-state index contributed by atoms with van der Waals surface area (Å²) in [5, 5.41) is 4.37. The van der Waals surface area contributed by atoms with Crippen molar-refractivity contribution in [1.82, 2.24) is 9.80 Å². The summed E-state index contributed by atoms with van der Waals surface area (Å²) in [5.41, 5.74) is 2.75. The van der Waals surface area contributed by atoms with Crippen LogP contribution in [-0.4, -0.2) is 55.1 Å². The van der Waals surface area contributed by atoms with E-state index in [0.29, 0.717) is 11.8 Å². The standard InChI is InChI=1S/C22H30N2O2S/c1-17(2)24(22(25)15-26-3)13-20-12-23(11-18-9-10-27-16-18)14-21(20)19-7-5-4-6-8-19/h4-10,16-17,20-21H,11-15H2,1-3H3. The van der Waals surface area contributed by atoms with E-state index >= 15 is 0 Å². The zero-order valence-corrected chi connectivity index (χ0v) is 17.3. The lowest BCUT2D eigenvalue weighted by atomic mass is 9.88. The molecule has 1 saturated heterocycles. The van der Waals surface area contributed by atoms with E-state index in [1.165, 1.54) is 11.1 Å². The van der Waals surface area contributed by atoms with Crippen LogP contribution in [0.25, 0.3) is 0 Å². The Morgan fingerprint density at radius 3 is 2.67 bits per heavy atom. The first-order valence-electron chi connectivity index (χ1n) is 9.65. The van der Waals surface area contributed by atoms with Gasteiger partial charge in [-0.05, 0) is 47.7 Å². The quantitative estimate of drug-likeness (QED) is 0.691. The topological polar surface area (TPSA) is 32.8 Å². The van der Waals surface area contributed by atoms with Crippen molar-refractivity contribution in [3.8, 4) is 0 Å². The van der Waals surface area contributed by atoms with Crippen molar-refractivity contribution in [2.75, 3.05) is 33.4 Å². The van der Waals surface area contributed by atoms with Gasteiger partial charge in [0.25, 0.3) is 0 Å². The number of carbonyl (C=O) groups is 1. The fourth-order valence-electron chi connectivity index (χ4n) is 4.05. The first-order valence-corrected chi connectivity index (χ1v) is 10.6. The first kappa shape index (κ1) is 20.1. The van der Waals surface area contributed by atoms with E-state index < -0.39 is 0 Å². The molecule has 0 spiro atoms. The Morgan fingerprint density at radius 2 is 2.04 bits per heavy atom. The molecule has 1 aromatic carbocycles. The van der Waals surface area contributed by atoms with Crippen LogP contribution in [0.15, 0.2) is 47.2 Å². The molecule has 1 amide bonds. The lowest BCUT2D eigenvalue weighted by molar-refractivity contribution is -0.137. The number of nitrogens with zero attached hydrogens (tertiary/aromatic N) is 2. The molecule has 1 aliphatic rings. The molecule has 4 nitrogen and oxygen atoms in total. The van der Waals surface area contributed by atoms with Crippen LogP contribution in [0, 0.1) is 5.92 Å². The van der Waals surface area contributed by atoms with Crippen LogP contribution in [0.3, 0.4) is 0 Å². The third-order valence-electron chi connectivity index (χ3n) is 5.37. The van der Waals surface area contributed by atoms with Crippen LogP contribution in [0.4, 0.5) is 0 Å². The van der Waals surface area contributed by atoms with E-state index in [4.69, 9.17) is 4.74 Å². The summed E-state index contributed by atoms with van der Waals surface area (Å²) in [6.45, 7) is 8.14. The Bertz CT molecular complexity index is 702. The minimum absolute atomic E-state index is 0.0793. The van der Waals surface area contributed by atoms with Gasteiger partial charge in [-0.2, -0.15) is 11.3 Å². The molecule has 27 heavy (non-hydrogen) atoms. The van der Waals surface area contributed by atoms with Gasteiger partial charge in [-0.1, -0.05) is 30.3 Å². The maximum Gasteiger partial charge on any atom is 0.248 e. The highest BCUT2D eigenvalue weighted by atomic mass is 32.1. The molecular weight excluding hydrogens is 356 g/mol. The predicted octanol–water partition coefficient (Wildman–Crippen LogP) is 3.85. The van der Waals surface area contributed by atoms with Gasteiger partial charge >= 0.3 is 0 Å². The molecule has 5 heteroatoms. The number of thiophene rings is 1. The second kappa shape index (κ2) is 9.49. The summed E-state index contributed by atoms with van der Waals surface area (Å²) < 4.78 is 5.10. The van der Waals surface area contributed by atoms with Crippen molar-refractivity contribution < 1.29 is 9.53 Å². The third-order valence-corrected chi connectivity index (χ3v) is 6.11. The summed E-state index contributed by atoms with van der Waals surface area (Å²) in [7, 11) is 1.58.